The lowest BCUT2D eigenvalue weighted by molar-refractivity contribution is -0.140. The normalized spacial score (nSPS) is 19.6. The number of nitrogens with one attached hydrogen (secondary N) is 1. The van der Waals surface area contributed by atoms with E-state index in [0.717, 1.165) is 51.2 Å². The summed E-state index contributed by atoms with van der Waals surface area (Å²) in [4.78, 5) is 2.21. The Morgan fingerprint density at radius 1 is 1.22 bits per heavy atom. The van der Waals surface area contributed by atoms with Crippen LogP contribution in [0.25, 0.3) is 0 Å². The highest BCUT2D eigenvalue weighted by Crippen LogP contribution is 2.37. The lowest BCUT2D eigenvalue weighted by atomic mass is 9.88. The van der Waals surface area contributed by atoms with E-state index in [1.807, 2.05) is 0 Å². The van der Waals surface area contributed by atoms with E-state index in [9.17, 15) is 17.6 Å². The predicted molar refractivity (Wildman–Crippen MR) is 82.7 cm³/mol. The molecule has 0 aliphatic carbocycles. The highest BCUT2D eigenvalue weighted by molar-refractivity contribution is 5.30. The molecule has 0 spiro atoms. The fourth-order valence-electron chi connectivity index (χ4n) is 3.42. The van der Waals surface area contributed by atoms with Gasteiger partial charge in [-0.3, -0.25) is 4.90 Å². The highest BCUT2D eigenvalue weighted by Gasteiger charge is 2.36. The first-order valence-electron chi connectivity index (χ1n) is 8.16. The molecular formula is C17H24F4N2. The van der Waals surface area contributed by atoms with E-state index in [-0.39, 0.29) is 12.0 Å². The van der Waals surface area contributed by atoms with Crippen molar-refractivity contribution < 1.29 is 17.6 Å². The van der Waals surface area contributed by atoms with Gasteiger partial charge in [0.15, 0.2) is 0 Å². The molecule has 2 atom stereocenters. The van der Waals surface area contributed by atoms with Crippen molar-refractivity contribution in [1.29, 1.82) is 0 Å². The number of hydrogen-bond acceptors (Lipinski definition) is 2. The fraction of sp³-hybridized carbons (Fsp3) is 0.647. The molecule has 130 valence electrons. The van der Waals surface area contributed by atoms with Crippen molar-refractivity contribution in [1.82, 2.24) is 10.2 Å². The quantitative estimate of drug-likeness (QED) is 0.812. The molecule has 0 saturated carbocycles. The molecule has 1 aromatic rings. The van der Waals surface area contributed by atoms with Crippen LogP contribution in [-0.2, 0) is 6.18 Å². The summed E-state index contributed by atoms with van der Waals surface area (Å²) < 4.78 is 52.6. The van der Waals surface area contributed by atoms with Crippen LogP contribution in [0.3, 0.4) is 0 Å². The number of nitrogens with zero attached hydrogens (tertiary/aromatic N) is 1. The van der Waals surface area contributed by atoms with Crippen LogP contribution in [0, 0.1) is 11.7 Å². The third-order valence-corrected chi connectivity index (χ3v) is 4.47. The van der Waals surface area contributed by atoms with E-state index in [1.165, 1.54) is 6.07 Å². The lowest BCUT2D eigenvalue weighted by Crippen LogP contribution is -2.46. The number of benzene rings is 1. The average molecular weight is 332 g/mol. The molecule has 0 aromatic heterocycles. The molecule has 1 heterocycles. The first-order chi connectivity index (χ1) is 10.8. The monoisotopic (exact) mass is 332 g/mol. The van der Waals surface area contributed by atoms with Gasteiger partial charge in [0.2, 0.25) is 0 Å². The molecule has 0 amide bonds. The fourth-order valence-corrected chi connectivity index (χ4v) is 3.42. The number of rotatable bonds is 5. The van der Waals surface area contributed by atoms with Gasteiger partial charge in [-0.05, 0) is 30.0 Å². The molecule has 2 nitrogen and oxygen atoms in total. The molecular weight excluding hydrogens is 308 g/mol. The van der Waals surface area contributed by atoms with Crippen LogP contribution >= 0.6 is 0 Å². The molecule has 0 radical (unpaired) electrons. The van der Waals surface area contributed by atoms with E-state index in [4.69, 9.17) is 0 Å². The first-order valence-corrected chi connectivity index (χ1v) is 8.16. The van der Waals surface area contributed by atoms with Crippen LogP contribution in [0.4, 0.5) is 17.6 Å². The van der Waals surface area contributed by atoms with Crippen molar-refractivity contribution in [2.24, 2.45) is 5.92 Å². The zero-order chi connectivity index (χ0) is 17.0. The van der Waals surface area contributed by atoms with E-state index < -0.39 is 17.6 Å². The van der Waals surface area contributed by atoms with Crippen molar-refractivity contribution in [3.05, 3.63) is 35.1 Å². The summed E-state index contributed by atoms with van der Waals surface area (Å²) in [5.41, 5.74) is -0.611. The Hall–Kier alpha value is -1.14. The van der Waals surface area contributed by atoms with E-state index in [0.29, 0.717) is 5.56 Å². The summed E-state index contributed by atoms with van der Waals surface area (Å²) in [7, 11) is 0. The van der Waals surface area contributed by atoms with Crippen LogP contribution in [0.1, 0.15) is 43.9 Å². The van der Waals surface area contributed by atoms with Gasteiger partial charge < -0.3 is 5.32 Å². The molecule has 6 heteroatoms. The summed E-state index contributed by atoms with van der Waals surface area (Å²) in [6.45, 7) is 7.35. The zero-order valence-corrected chi connectivity index (χ0v) is 13.6. The summed E-state index contributed by atoms with van der Waals surface area (Å²) in [6.07, 6.45) is -2.77. The second-order valence-electron chi connectivity index (χ2n) is 6.23. The maximum Gasteiger partial charge on any atom is 0.419 e. The molecule has 1 aliphatic heterocycles. The van der Waals surface area contributed by atoms with Gasteiger partial charge >= 0.3 is 6.18 Å². The van der Waals surface area contributed by atoms with E-state index >= 15 is 0 Å². The lowest BCUT2D eigenvalue weighted by Gasteiger charge is -2.39. The second-order valence-corrected chi connectivity index (χ2v) is 6.23. The topological polar surface area (TPSA) is 15.3 Å². The Bertz CT molecular complexity index is 510. The van der Waals surface area contributed by atoms with Gasteiger partial charge in [0.1, 0.15) is 5.82 Å². The maximum absolute atomic E-state index is 13.6. The first kappa shape index (κ1) is 18.2. The largest absolute Gasteiger partial charge is 0.419 e. The highest BCUT2D eigenvalue weighted by atomic mass is 19.4. The van der Waals surface area contributed by atoms with Crippen LogP contribution in [-0.4, -0.2) is 31.1 Å². The van der Waals surface area contributed by atoms with E-state index in [2.05, 4.69) is 24.1 Å². The number of halogens is 4. The molecule has 23 heavy (non-hydrogen) atoms. The Balaban J connectivity index is 2.38. The smallest absolute Gasteiger partial charge is 0.314 e. The molecule has 1 N–H and O–H groups in total. The van der Waals surface area contributed by atoms with Gasteiger partial charge in [-0.25, -0.2) is 4.39 Å². The SMILES string of the molecule is CCCC(C)[C@H](c1ccc(F)c(C(F)(F)F)c1)N1CCNCC1. The average Bonchev–Trinajstić information content (AvgIpc) is 2.49. The zero-order valence-electron chi connectivity index (χ0n) is 13.6. The van der Waals surface area contributed by atoms with Crippen molar-refractivity contribution in [2.75, 3.05) is 26.2 Å². The molecule has 1 fully saturated rings. The third kappa shape index (κ3) is 4.44. The predicted octanol–water partition coefficient (Wildman–Crippen LogP) is 4.23. The van der Waals surface area contributed by atoms with Gasteiger partial charge in [-0.1, -0.05) is 26.3 Å². The van der Waals surface area contributed by atoms with Crippen molar-refractivity contribution in [2.45, 2.75) is 38.9 Å². The summed E-state index contributed by atoms with van der Waals surface area (Å²) >= 11 is 0. The van der Waals surface area contributed by atoms with Gasteiger partial charge in [-0.2, -0.15) is 13.2 Å². The van der Waals surface area contributed by atoms with Crippen molar-refractivity contribution in [3.63, 3.8) is 0 Å². The third-order valence-electron chi connectivity index (χ3n) is 4.47. The molecule has 2 rings (SSSR count). The second kappa shape index (κ2) is 7.62. The van der Waals surface area contributed by atoms with Crippen LogP contribution < -0.4 is 5.32 Å². The van der Waals surface area contributed by atoms with Gasteiger partial charge in [0, 0.05) is 32.2 Å². The minimum absolute atomic E-state index is 0.112. The Morgan fingerprint density at radius 2 is 1.87 bits per heavy atom. The molecule has 1 saturated heterocycles. The van der Waals surface area contributed by atoms with Crippen LogP contribution in [0.15, 0.2) is 18.2 Å². The van der Waals surface area contributed by atoms with Gasteiger partial charge in [0.25, 0.3) is 0 Å². The van der Waals surface area contributed by atoms with Crippen molar-refractivity contribution in [3.8, 4) is 0 Å². The minimum atomic E-state index is -4.66. The maximum atomic E-state index is 13.6. The number of alkyl halides is 3. The molecule has 0 bridgehead atoms. The van der Waals surface area contributed by atoms with E-state index in [1.54, 1.807) is 0 Å². The van der Waals surface area contributed by atoms with Crippen molar-refractivity contribution >= 4 is 0 Å². The number of hydrogen-bond donors (Lipinski definition) is 1. The van der Waals surface area contributed by atoms with Gasteiger partial charge in [0.05, 0.1) is 5.56 Å². The summed E-state index contributed by atoms with van der Waals surface area (Å²) in [6, 6.07) is 3.34. The molecule has 1 aromatic carbocycles. The standard InChI is InChI=1S/C17H24F4N2/c1-3-4-12(2)16(23-9-7-22-8-10-23)13-5-6-15(18)14(11-13)17(19,20)21/h5-6,11-12,16,22H,3-4,7-10H2,1-2H3/t12?,16-/m1/s1. The molecule has 1 aliphatic rings. The number of piperazine rings is 1. The molecule has 1 unspecified atom stereocenters. The summed E-state index contributed by atoms with van der Waals surface area (Å²) in [5, 5.41) is 3.26. The van der Waals surface area contributed by atoms with Crippen LogP contribution in [0.2, 0.25) is 0 Å². The summed E-state index contributed by atoms with van der Waals surface area (Å²) in [5.74, 6) is -0.992. The van der Waals surface area contributed by atoms with Crippen LogP contribution in [0.5, 0.6) is 0 Å². The Labute approximate surface area is 134 Å². The Morgan fingerprint density at radius 3 is 2.43 bits per heavy atom. The Kier molecular flexibility index (Phi) is 6.03. The van der Waals surface area contributed by atoms with Gasteiger partial charge in [-0.15, -0.1) is 0 Å². The minimum Gasteiger partial charge on any atom is -0.314 e.